The van der Waals surface area contributed by atoms with Gasteiger partial charge in [0.05, 0.1) is 5.52 Å². The van der Waals surface area contributed by atoms with Crippen LogP contribution in [0.5, 0.6) is 0 Å². The van der Waals surface area contributed by atoms with Gasteiger partial charge < -0.3 is 5.73 Å². The van der Waals surface area contributed by atoms with Gasteiger partial charge in [-0.2, -0.15) is 5.10 Å². The van der Waals surface area contributed by atoms with Crippen molar-refractivity contribution in [2.45, 2.75) is 25.8 Å². The largest absolute Gasteiger partial charge is 0.382 e. The first kappa shape index (κ1) is 9.63. The Balaban J connectivity index is 2.03. The van der Waals surface area contributed by atoms with E-state index >= 15 is 0 Å². The fraction of sp³-hybridized carbons (Fsp3) is 0.417. The highest BCUT2D eigenvalue weighted by atomic mass is 19.1. The highest BCUT2D eigenvalue weighted by molar-refractivity contribution is 5.89. The third kappa shape index (κ3) is 1.45. The van der Waals surface area contributed by atoms with Crippen molar-refractivity contribution in [1.82, 2.24) is 9.78 Å². The zero-order valence-corrected chi connectivity index (χ0v) is 8.99. The van der Waals surface area contributed by atoms with Gasteiger partial charge in [-0.15, -0.1) is 0 Å². The van der Waals surface area contributed by atoms with Crippen LogP contribution in [0, 0.1) is 11.7 Å². The molecule has 84 valence electrons. The van der Waals surface area contributed by atoms with Crippen molar-refractivity contribution in [3.63, 3.8) is 0 Å². The maximum absolute atomic E-state index is 13.1. The first-order valence-electron chi connectivity index (χ1n) is 5.65. The minimum Gasteiger partial charge on any atom is -0.382 e. The van der Waals surface area contributed by atoms with E-state index < -0.39 is 0 Å². The van der Waals surface area contributed by atoms with Crippen molar-refractivity contribution < 1.29 is 4.39 Å². The summed E-state index contributed by atoms with van der Waals surface area (Å²) < 4.78 is 15.0. The summed E-state index contributed by atoms with van der Waals surface area (Å²) >= 11 is 0. The molecule has 0 atom stereocenters. The fourth-order valence-electron chi connectivity index (χ4n) is 2.24. The molecule has 1 saturated carbocycles. The van der Waals surface area contributed by atoms with Gasteiger partial charge in [-0.05, 0) is 37.0 Å². The number of benzene rings is 1. The maximum Gasteiger partial charge on any atom is 0.153 e. The number of fused-ring (bicyclic) bond motifs is 1. The van der Waals surface area contributed by atoms with E-state index in [1.165, 1.54) is 31.4 Å². The molecule has 4 heteroatoms. The molecule has 0 unspecified atom stereocenters. The normalized spacial score (nSPS) is 16.6. The summed E-state index contributed by atoms with van der Waals surface area (Å²) in [5.41, 5.74) is 6.72. The van der Waals surface area contributed by atoms with Gasteiger partial charge in [-0.25, -0.2) is 4.39 Å². The van der Waals surface area contributed by atoms with E-state index in [0.717, 1.165) is 17.4 Å². The topological polar surface area (TPSA) is 43.8 Å². The van der Waals surface area contributed by atoms with Crippen molar-refractivity contribution in [3.8, 4) is 0 Å². The van der Waals surface area contributed by atoms with Crippen LogP contribution in [0.15, 0.2) is 18.2 Å². The van der Waals surface area contributed by atoms with E-state index in [9.17, 15) is 4.39 Å². The Hall–Kier alpha value is -1.58. The van der Waals surface area contributed by atoms with Gasteiger partial charge in [-0.3, -0.25) is 4.68 Å². The molecule has 1 aromatic carbocycles. The number of nitrogens with two attached hydrogens (primary N) is 1. The molecule has 0 bridgehead atoms. The lowest BCUT2D eigenvalue weighted by atomic mass is 9.85. The van der Waals surface area contributed by atoms with Crippen LogP contribution in [0.1, 0.15) is 19.3 Å². The number of hydrogen-bond acceptors (Lipinski definition) is 2. The maximum atomic E-state index is 13.1. The van der Waals surface area contributed by atoms with Gasteiger partial charge in [0.25, 0.3) is 0 Å². The van der Waals surface area contributed by atoms with Gasteiger partial charge >= 0.3 is 0 Å². The molecule has 1 heterocycles. The highest BCUT2D eigenvalue weighted by Crippen LogP contribution is 2.30. The second-order valence-corrected chi connectivity index (χ2v) is 4.53. The van der Waals surface area contributed by atoms with Crippen molar-refractivity contribution in [2.24, 2.45) is 5.92 Å². The summed E-state index contributed by atoms with van der Waals surface area (Å²) in [5, 5.41) is 5.00. The minimum atomic E-state index is -0.262. The first-order valence-corrected chi connectivity index (χ1v) is 5.65. The number of anilines is 1. The van der Waals surface area contributed by atoms with Gasteiger partial charge in [0.15, 0.2) is 5.82 Å². The van der Waals surface area contributed by atoms with E-state index in [4.69, 9.17) is 5.73 Å². The summed E-state index contributed by atoms with van der Waals surface area (Å²) in [4.78, 5) is 0. The quantitative estimate of drug-likeness (QED) is 0.843. The van der Waals surface area contributed by atoms with E-state index in [1.807, 2.05) is 4.68 Å². The van der Waals surface area contributed by atoms with Crippen molar-refractivity contribution in [3.05, 3.63) is 24.0 Å². The van der Waals surface area contributed by atoms with E-state index in [-0.39, 0.29) is 5.82 Å². The van der Waals surface area contributed by atoms with E-state index in [2.05, 4.69) is 5.10 Å². The summed E-state index contributed by atoms with van der Waals surface area (Å²) in [5.74, 6) is 0.878. The first-order chi connectivity index (χ1) is 7.74. The molecule has 16 heavy (non-hydrogen) atoms. The molecule has 1 aliphatic rings. The Kier molecular flexibility index (Phi) is 2.09. The van der Waals surface area contributed by atoms with Gasteiger partial charge in [-0.1, -0.05) is 6.42 Å². The Morgan fingerprint density at radius 3 is 2.94 bits per heavy atom. The lowest BCUT2D eigenvalue weighted by Gasteiger charge is -2.25. The Morgan fingerprint density at radius 2 is 2.25 bits per heavy atom. The van der Waals surface area contributed by atoms with Crippen LogP contribution in [0.4, 0.5) is 10.2 Å². The molecular formula is C12H14FN3. The Labute approximate surface area is 93.0 Å². The van der Waals surface area contributed by atoms with Crippen LogP contribution in [-0.2, 0) is 6.54 Å². The molecule has 2 aromatic rings. The molecule has 1 aliphatic carbocycles. The number of aromatic nitrogens is 2. The smallest absolute Gasteiger partial charge is 0.153 e. The molecule has 0 amide bonds. The predicted molar refractivity (Wildman–Crippen MR) is 61.4 cm³/mol. The summed E-state index contributed by atoms with van der Waals surface area (Å²) in [7, 11) is 0. The SMILES string of the molecule is Nc1nn(CC2CCC2)c2ccc(F)cc12. The molecule has 1 fully saturated rings. The number of rotatable bonds is 2. The van der Waals surface area contributed by atoms with E-state index in [1.54, 1.807) is 6.07 Å². The van der Waals surface area contributed by atoms with E-state index in [0.29, 0.717) is 11.7 Å². The van der Waals surface area contributed by atoms with Gasteiger partial charge in [0.1, 0.15) is 5.82 Å². The highest BCUT2D eigenvalue weighted by Gasteiger charge is 2.19. The number of nitrogens with zero attached hydrogens (tertiary/aromatic N) is 2. The van der Waals surface area contributed by atoms with Gasteiger partial charge in [0.2, 0.25) is 0 Å². The Morgan fingerprint density at radius 1 is 1.44 bits per heavy atom. The number of hydrogen-bond donors (Lipinski definition) is 1. The van der Waals surface area contributed by atoms with Crippen LogP contribution >= 0.6 is 0 Å². The third-order valence-corrected chi connectivity index (χ3v) is 3.40. The van der Waals surface area contributed by atoms with Gasteiger partial charge in [0, 0.05) is 11.9 Å². The average molecular weight is 219 g/mol. The summed E-state index contributed by atoms with van der Waals surface area (Å²) in [6.45, 7) is 0.902. The second-order valence-electron chi connectivity index (χ2n) is 4.53. The Bertz CT molecular complexity index is 528. The number of halogens is 1. The molecule has 0 radical (unpaired) electrons. The molecule has 1 aromatic heterocycles. The fourth-order valence-corrected chi connectivity index (χ4v) is 2.24. The predicted octanol–water partition coefficient (Wildman–Crippen LogP) is 2.56. The second kappa shape index (κ2) is 3.47. The van der Waals surface area contributed by atoms with Crippen LogP contribution in [0.25, 0.3) is 10.9 Å². The average Bonchev–Trinajstić information content (AvgIpc) is 2.50. The molecule has 0 spiro atoms. The number of nitrogen functional groups attached to an aromatic ring is 1. The summed E-state index contributed by atoms with van der Waals surface area (Å²) in [6, 6.07) is 4.67. The van der Waals surface area contributed by atoms with Crippen LogP contribution in [-0.4, -0.2) is 9.78 Å². The monoisotopic (exact) mass is 219 g/mol. The zero-order valence-electron chi connectivity index (χ0n) is 8.99. The third-order valence-electron chi connectivity index (χ3n) is 3.40. The molecule has 0 saturated heterocycles. The summed E-state index contributed by atoms with van der Waals surface area (Å²) in [6.07, 6.45) is 3.85. The van der Waals surface area contributed by atoms with Crippen LogP contribution in [0.2, 0.25) is 0 Å². The molecule has 0 aliphatic heterocycles. The lowest BCUT2D eigenvalue weighted by molar-refractivity contribution is 0.270. The van der Waals surface area contributed by atoms with Crippen LogP contribution in [0.3, 0.4) is 0 Å². The lowest BCUT2D eigenvalue weighted by Crippen LogP contribution is -2.18. The zero-order chi connectivity index (χ0) is 11.1. The standard InChI is InChI=1S/C12H14FN3/c13-9-4-5-11-10(6-9)12(14)15-16(11)7-8-2-1-3-8/h4-6,8H,1-3,7H2,(H2,14,15). The molecule has 2 N–H and O–H groups in total. The molecule has 3 nitrogen and oxygen atoms in total. The van der Waals surface area contributed by atoms with Crippen LogP contribution < -0.4 is 5.73 Å². The van der Waals surface area contributed by atoms with Crippen molar-refractivity contribution in [2.75, 3.05) is 5.73 Å². The minimum absolute atomic E-state index is 0.262. The van der Waals surface area contributed by atoms with Crippen molar-refractivity contribution >= 4 is 16.7 Å². The molecular weight excluding hydrogens is 205 g/mol. The van der Waals surface area contributed by atoms with Crippen molar-refractivity contribution in [1.29, 1.82) is 0 Å². The molecule has 3 rings (SSSR count).